The maximum Gasteiger partial charge on any atom is 0.293 e. The Balaban J connectivity index is 1.83. The molecule has 3 rings (SSSR count). The van der Waals surface area contributed by atoms with Crippen molar-refractivity contribution in [1.29, 1.82) is 0 Å². The van der Waals surface area contributed by atoms with E-state index in [1.54, 1.807) is 24.3 Å². The third kappa shape index (κ3) is 5.38. The molecule has 0 atom stereocenters. The van der Waals surface area contributed by atoms with Crippen LogP contribution in [-0.4, -0.2) is 34.2 Å². The fraction of sp³-hybridized carbons (Fsp3) is 0.182. The summed E-state index contributed by atoms with van der Waals surface area (Å²) in [5.74, 6) is 0.592. The Hall–Kier alpha value is -3.11. The number of carbonyl (C=O) groups is 2. The van der Waals surface area contributed by atoms with E-state index in [0.717, 1.165) is 16.7 Å². The van der Waals surface area contributed by atoms with Crippen molar-refractivity contribution >= 4 is 50.6 Å². The van der Waals surface area contributed by atoms with E-state index in [1.165, 1.54) is 24.3 Å². The summed E-state index contributed by atoms with van der Waals surface area (Å²) in [4.78, 5) is 36.9. The van der Waals surface area contributed by atoms with Gasteiger partial charge in [0.05, 0.1) is 27.5 Å². The third-order valence-corrected chi connectivity index (χ3v) is 5.83. The van der Waals surface area contributed by atoms with Crippen LogP contribution in [0.3, 0.4) is 0 Å². The highest BCUT2D eigenvalue weighted by Crippen LogP contribution is 2.39. The van der Waals surface area contributed by atoms with Gasteiger partial charge in [0, 0.05) is 12.1 Å². The van der Waals surface area contributed by atoms with E-state index in [-0.39, 0.29) is 17.1 Å². The molecule has 0 unspecified atom stereocenters. The van der Waals surface area contributed by atoms with Gasteiger partial charge in [-0.05, 0) is 64.0 Å². The molecule has 1 fully saturated rings. The first kappa shape index (κ1) is 23.6. The van der Waals surface area contributed by atoms with Crippen LogP contribution in [0.2, 0.25) is 0 Å². The number of nitrogens with zero attached hydrogens (tertiary/aromatic N) is 2. The van der Waals surface area contributed by atoms with Crippen LogP contribution in [0.25, 0.3) is 6.08 Å². The van der Waals surface area contributed by atoms with Crippen molar-refractivity contribution in [2.24, 2.45) is 0 Å². The number of carbonyl (C=O) groups excluding carboxylic acids is 2. The Morgan fingerprint density at radius 2 is 1.94 bits per heavy atom. The normalized spacial score (nSPS) is 14.7. The Kier molecular flexibility index (Phi) is 7.70. The van der Waals surface area contributed by atoms with Gasteiger partial charge in [0.1, 0.15) is 6.61 Å². The van der Waals surface area contributed by atoms with Crippen LogP contribution in [-0.2, 0) is 11.3 Å². The van der Waals surface area contributed by atoms with Crippen molar-refractivity contribution in [1.82, 2.24) is 4.90 Å². The number of amides is 2. The van der Waals surface area contributed by atoms with Crippen LogP contribution in [0.15, 0.2) is 58.4 Å². The van der Waals surface area contributed by atoms with E-state index in [0.29, 0.717) is 40.3 Å². The predicted molar refractivity (Wildman–Crippen MR) is 126 cm³/mol. The Bertz CT molecular complexity index is 1100. The lowest BCUT2D eigenvalue weighted by molar-refractivity contribution is -0.384. The van der Waals surface area contributed by atoms with Gasteiger partial charge >= 0.3 is 0 Å². The predicted octanol–water partition coefficient (Wildman–Crippen LogP) is 5.56. The van der Waals surface area contributed by atoms with E-state index in [2.05, 4.69) is 22.5 Å². The maximum absolute atomic E-state index is 12.8. The van der Waals surface area contributed by atoms with Crippen LogP contribution in [0.5, 0.6) is 11.5 Å². The standard InChI is InChI=1S/C22H19BrN2O6S/c1-3-9-31-20-17(23)10-15(11-18(20)30-4-2)12-19-21(26)24(22(27)32-19)13-14-5-7-16(8-6-14)25(28)29/h3,5-8,10-12H,1,4,9,13H2,2H3/b19-12+. The minimum Gasteiger partial charge on any atom is -0.490 e. The average Bonchev–Trinajstić information content (AvgIpc) is 3.01. The molecule has 1 saturated heterocycles. The van der Waals surface area contributed by atoms with Gasteiger partial charge in [0.2, 0.25) is 0 Å². The summed E-state index contributed by atoms with van der Waals surface area (Å²) in [6.07, 6.45) is 3.24. The molecule has 0 saturated carbocycles. The maximum atomic E-state index is 12.8. The zero-order valence-corrected chi connectivity index (χ0v) is 19.5. The summed E-state index contributed by atoms with van der Waals surface area (Å²) in [5.41, 5.74) is 1.22. The average molecular weight is 519 g/mol. The van der Waals surface area contributed by atoms with Crippen LogP contribution < -0.4 is 9.47 Å². The number of non-ortho nitro benzene ring substituents is 1. The zero-order chi connectivity index (χ0) is 23.3. The molecule has 2 aromatic rings. The van der Waals surface area contributed by atoms with E-state index < -0.39 is 16.1 Å². The van der Waals surface area contributed by atoms with E-state index in [9.17, 15) is 19.7 Å². The number of hydrogen-bond acceptors (Lipinski definition) is 7. The monoisotopic (exact) mass is 518 g/mol. The van der Waals surface area contributed by atoms with Gasteiger partial charge < -0.3 is 9.47 Å². The van der Waals surface area contributed by atoms with Crippen LogP contribution >= 0.6 is 27.7 Å². The number of nitro benzene ring substituents is 1. The summed E-state index contributed by atoms with van der Waals surface area (Å²) in [6.45, 7) is 6.24. The first-order chi connectivity index (χ1) is 15.3. The number of rotatable bonds is 9. The van der Waals surface area contributed by atoms with Crippen molar-refractivity contribution in [3.8, 4) is 11.5 Å². The summed E-state index contributed by atoms with van der Waals surface area (Å²) in [5, 5.41) is 10.4. The first-order valence-corrected chi connectivity index (χ1v) is 11.1. The molecule has 1 aliphatic rings. The molecule has 0 spiro atoms. The SMILES string of the molecule is C=CCOc1c(Br)cc(/C=C2/SC(=O)N(Cc3ccc([N+](=O)[O-])cc3)C2=O)cc1OCC. The van der Waals surface area contributed by atoms with Crippen molar-refractivity contribution < 1.29 is 24.0 Å². The van der Waals surface area contributed by atoms with Crippen LogP contribution in [0.4, 0.5) is 10.5 Å². The first-order valence-electron chi connectivity index (χ1n) is 9.52. The molecule has 10 heteroatoms. The molecular formula is C22H19BrN2O6S. The Morgan fingerprint density at radius 3 is 2.56 bits per heavy atom. The zero-order valence-electron chi connectivity index (χ0n) is 17.1. The van der Waals surface area contributed by atoms with Gasteiger partial charge in [0.15, 0.2) is 11.5 Å². The lowest BCUT2D eigenvalue weighted by atomic mass is 10.1. The van der Waals surface area contributed by atoms with Gasteiger partial charge in [-0.3, -0.25) is 24.6 Å². The van der Waals surface area contributed by atoms with Gasteiger partial charge in [-0.1, -0.05) is 24.8 Å². The number of nitro groups is 1. The lowest BCUT2D eigenvalue weighted by Gasteiger charge is -2.14. The van der Waals surface area contributed by atoms with Gasteiger partial charge in [-0.15, -0.1) is 0 Å². The lowest BCUT2D eigenvalue weighted by Crippen LogP contribution is -2.27. The smallest absolute Gasteiger partial charge is 0.293 e. The summed E-state index contributed by atoms with van der Waals surface area (Å²) < 4.78 is 12.0. The Labute approximate surface area is 197 Å². The summed E-state index contributed by atoms with van der Waals surface area (Å²) in [7, 11) is 0. The molecule has 32 heavy (non-hydrogen) atoms. The van der Waals surface area contributed by atoms with Crippen molar-refractivity contribution in [2.75, 3.05) is 13.2 Å². The number of ether oxygens (including phenoxy) is 2. The van der Waals surface area contributed by atoms with Gasteiger partial charge in [-0.25, -0.2) is 0 Å². The van der Waals surface area contributed by atoms with E-state index in [4.69, 9.17) is 9.47 Å². The number of hydrogen-bond donors (Lipinski definition) is 0. The largest absolute Gasteiger partial charge is 0.490 e. The quantitative estimate of drug-likeness (QED) is 0.185. The molecule has 2 aromatic carbocycles. The topological polar surface area (TPSA) is 99.0 Å². The highest BCUT2D eigenvalue weighted by atomic mass is 79.9. The minimum absolute atomic E-state index is 0.0300. The van der Waals surface area contributed by atoms with E-state index in [1.807, 2.05) is 6.92 Å². The second kappa shape index (κ2) is 10.5. The molecule has 1 heterocycles. The number of thioether (sulfide) groups is 1. The molecule has 0 aromatic heterocycles. The molecule has 166 valence electrons. The minimum atomic E-state index is -0.505. The molecule has 0 bridgehead atoms. The van der Waals surface area contributed by atoms with Crippen molar-refractivity contribution in [3.63, 3.8) is 0 Å². The fourth-order valence-corrected chi connectivity index (χ4v) is 4.32. The molecule has 8 nitrogen and oxygen atoms in total. The van der Waals surface area contributed by atoms with Crippen LogP contribution in [0, 0.1) is 10.1 Å². The number of benzene rings is 2. The molecule has 0 radical (unpaired) electrons. The summed E-state index contributed by atoms with van der Waals surface area (Å²) >= 11 is 4.30. The number of imide groups is 1. The molecule has 0 aliphatic carbocycles. The highest BCUT2D eigenvalue weighted by Gasteiger charge is 2.35. The third-order valence-electron chi connectivity index (χ3n) is 4.34. The second-order valence-corrected chi connectivity index (χ2v) is 8.40. The molecular weight excluding hydrogens is 500 g/mol. The van der Waals surface area contributed by atoms with Gasteiger partial charge in [-0.2, -0.15) is 0 Å². The van der Waals surface area contributed by atoms with Crippen molar-refractivity contribution in [2.45, 2.75) is 13.5 Å². The Morgan fingerprint density at radius 1 is 1.22 bits per heavy atom. The molecule has 1 aliphatic heterocycles. The number of halogens is 1. The second-order valence-electron chi connectivity index (χ2n) is 6.55. The highest BCUT2D eigenvalue weighted by molar-refractivity contribution is 9.10. The van der Waals surface area contributed by atoms with Crippen molar-refractivity contribution in [3.05, 3.63) is 79.7 Å². The van der Waals surface area contributed by atoms with E-state index >= 15 is 0 Å². The fourth-order valence-electron chi connectivity index (χ4n) is 2.91. The van der Waals surface area contributed by atoms with Gasteiger partial charge in [0.25, 0.3) is 16.8 Å². The van der Waals surface area contributed by atoms with Crippen LogP contribution in [0.1, 0.15) is 18.1 Å². The molecule has 0 N–H and O–H groups in total. The molecule has 2 amide bonds. The summed E-state index contributed by atoms with van der Waals surface area (Å²) in [6, 6.07) is 9.24.